The SMILES string of the molecule is [C-]#CCN(C)c1ccccc1.[Cu+]. The van der Waals surface area contributed by atoms with Crippen LogP contribution in [0.5, 0.6) is 0 Å². The average molecular weight is 208 g/mol. The molecule has 0 bridgehead atoms. The van der Waals surface area contributed by atoms with E-state index < -0.39 is 0 Å². The van der Waals surface area contributed by atoms with Crippen molar-refractivity contribution in [3.63, 3.8) is 0 Å². The van der Waals surface area contributed by atoms with Gasteiger partial charge in [-0.05, 0) is 12.1 Å². The standard InChI is InChI=1S/C10H10N.Cu/c1-3-9-11(2)10-7-5-4-6-8-10;/h4-8H,9H2,2H3;/q-1;+1. The molecule has 0 aliphatic heterocycles. The first-order valence-electron chi connectivity index (χ1n) is 3.50. The molecule has 0 radical (unpaired) electrons. The number of hydrogen-bond donors (Lipinski definition) is 0. The molecule has 0 N–H and O–H groups in total. The Morgan fingerprint density at radius 2 is 1.92 bits per heavy atom. The van der Waals surface area contributed by atoms with Gasteiger partial charge in [0.1, 0.15) is 0 Å². The van der Waals surface area contributed by atoms with Crippen LogP contribution in [-0.2, 0) is 17.1 Å². The number of benzene rings is 1. The van der Waals surface area contributed by atoms with Gasteiger partial charge >= 0.3 is 17.1 Å². The van der Waals surface area contributed by atoms with Crippen LogP contribution in [0.4, 0.5) is 5.69 Å². The minimum atomic E-state index is 0. The minimum absolute atomic E-state index is 0. The van der Waals surface area contributed by atoms with Crippen molar-refractivity contribution in [2.45, 2.75) is 0 Å². The molecule has 0 spiro atoms. The molecule has 0 aromatic heterocycles. The van der Waals surface area contributed by atoms with Crippen molar-refractivity contribution in [1.82, 2.24) is 0 Å². The first-order chi connectivity index (χ1) is 5.34. The molecule has 1 aromatic rings. The van der Waals surface area contributed by atoms with Gasteiger partial charge in [-0.15, -0.1) is 0 Å². The Kier molecular flexibility index (Phi) is 5.28. The molecule has 1 aromatic carbocycles. The van der Waals surface area contributed by atoms with E-state index >= 15 is 0 Å². The van der Waals surface area contributed by atoms with Gasteiger partial charge < -0.3 is 17.2 Å². The molecule has 12 heavy (non-hydrogen) atoms. The second kappa shape index (κ2) is 5.71. The first-order valence-corrected chi connectivity index (χ1v) is 3.50. The van der Waals surface area contributed by atoms with Crippen LogP contribution < -0.4 is 4.90 Å². The number of nitrogens with zero attached hydrogens (tertiary/aromatic N) is 1. The third-order valence-electron chi connectivity index (χ3n) is 1.51. The van der Waals surface area contributed by atoms with Crippen molar-refractivity contribution in [3.8, 4) is 5.92 Å². The Labute approximate surface area is 84.2 Å². The van der Waals surface area contributed by atoms with E-state index in [4.69, 9.17) is 6.42 Å². The van der Waals surface area contributed by atoms with E-state index in [9.17, 15) is 0 Å². The molecule has 0 heterocycles. The molecule has 0 unspecified atom stereocenters. The molecule has 0 amide bonds. The van der Waals surface area contributed by atoms with Gasteiger partial charge in [0.25, 0.3) is 0 Å². The predicted octanol–water partition coefficient (Wildman–Crippen LogP) is 1.71. The Morgan fingerprint density at radius 1 is 1.33 bits per heavy atom. The molecular weight excluding hydrogens is 198 g/mol. The van der Waals surface area contributed by atoms with E-state index in [1.54, 1.807) is 0 Å². The molecule has 1 nitrogen and oxygen atoms in total. The molecule has 0 aliphatic rings. The summed E-state index contributed by atoms with van der Waals surface area (Å²) in [7, 11) is 1.94. The normalized spacial score (nSPS) is 8.00. The van der Waals surface area contributed by atoms with Gasteiger partial charge in [0, 0.05) is 19.3 Å². The van der Waals surface area contributed by atoms with E-state index in [2.05, 4.69) is 5.92 Å². The largest absolute Gasteiger partial charge is 1.00 e. The maximum Gasteiger partial charge on any atom is 1.00 e. The minimum Gasteiger partial charge on any atom is -0.692 e. The first kappa shape index (κ1) is 11.1. The molecule has 2 heteroatoms. The smallest absolute Gasteiger partial charge is 0.692 e. The van der Waals surface area contributed by atoms with Crippen molar-refractivity contribution < 1.29 is 17.1 Å². The third kappa shape index (κ3) is 3.00. The second-order valence-corrected chi connectivity index (χ2v) is 2.37. The summed E-state index contributed by atoms with van der Waals surface area (Å²) in [5.41, 5.74) is 1.12. The van der Waals surface area contributed by atoms with Crippen LogP contribution in [0, 0.1) is 12.3 Å². The van der Waals surface area contributed by atoms with E-state index in [1.807, 2.05) is 42.3 Å². The number of rotatable bonds is 2. The summed E-state index contributed by atoms with van der Waals surface area (Å²) < 4.78 is 0. The van der Waals surface area contributed by atoms with Gasteiger partial charge in [-0.3, -0.25) is 0 Å². The summed E-state index contributed by atoms with van der Waals surface area (Å²) in [5.74, 6) is 2.34. The zero-order valence-electron chi connectivity index (χ0n) is 6.84. The van der Waals surface area contributed by atoms with Gasteiger partial charge in [0.15, 0.2) is 0 Å². The molecule has 0 atom stereocenters. The summed E-state index contributed by atoms with van der Waals surface area (Å²) >= 11 is 0. The molecule has 0 fully saturated rings. The number of hydrogen-bond acceptors (Lipinski definition) is 1. The van der Waals surface area contributed by atoms with Crippen molar-refractivity contribution >= 4 is 5.69 Å². The van der Waals surface area contributed by atoms with Crippen LogP contribution in [0.3, 0.4) is 0 Å². The van der Waals surface area contributed by atoms with Crippen LogP contribution in [-0.4, -0.2) is 13.6 Å². The summed E-state index contributed by atoms with van der Waals surface area (Å²) in [5, 5.41) is 0. The molecular formula is C10H10CuN. The van der Waals surface area contributed by atoms with Crippen molar-refractivity contribution in [1.29, 1.82) is 0 Å². The van der Waals surface area contributed by atoms with E-state index in [0.717, 1.165) is 5.69 Å². The number of para-hydroxylation sites is 1. The van der Waals surface area contributed by atoms with Crippen LogP contribution >= 0.6 is 0 Å². The summed E-state index contributed by atoms with van der Waals surface area (Å²) in [6.07, 6.45) is 6.79. The predicted molar refractivity (Wildman–Crippen MR) is 46.8 cm³/mol. The monoisotopic (exact) mass is 207 g/mol. The van der Waals surface area contributed by atoms with Crippen molar-refractivity contribution in [3.05, 3.63) is 36.8 Å². The van der Waals surface area contributed by atoms with Crippen LogP contribution in [0.1, 0.15) is 0 Å². The molecule has 0 saturated carbocycles. The van der Waals surface area contributed by atoms with Gasteiger partial charge in [-0.1, -0.05) is 18.2 Å². The molecule has 0 aliphatic carbocycles. The Bertz CT molecular complexity index is 250. The van der Waals surface area contributed by atoms with Gasteiger partial charge in [-0.25, -0.2) is 0 Å². The van der Waals surface area contributed by atoms with Crippen LogP contribution in [0.2, 0.25) is 0 Å². The van der Waals surface area contributed by atoms with Gasteiger partial charge in [0.2, 0.25) is 0 Å². The zero-order chi connectivity index (χ0) is 8.10. The fourth-order valence-electron chi connectivity index (χ4n) is 0.892. The van der Waals surface area contributed by atoms with Gasteiger partial charge in [0.05, 0.1) is 0 Å². The molecule has 66 valence electrons. The van der Waals surface area contributed by atoms with E-state index in [-0.39, 0.29) is 17.1 Å². The van der Waals surface area contributed by atoms with E-state index in [1.165, 1.54) is 0 Å². The fraction of sp³-hybridized carbons (Fsp3) is 0.200. The van der Waals surface area contributed by atoms with Crippen molar-refractivity contribution in [2.24, 2.45) is 0 Å². The maximum atomic E-state index is 6.79. The van der Waals surface area contributed by atoms with Crippen LogP contribution in [0.15, 0.2) is 30.3 Å². The third-order valence-corrected chi connectivity index (χ3v) is 1.51. The number of anilines is 1. The van der Waals surface area contributed by atoms with Gasteiger partial charge in [-0.2, -0.15) is 0 Å². The summed E-state index contributed by atoms with van der Waals surface area (Å²) in [4.78, 5) is 1.97. The van der Waals surface area contributed by atoms with E-state index in [0.29, 0.717) is 6.54 Å². The maximum absolute atomic E-state index is 6.79. The Balaban J connectivity index is 0.00000121. The van der Waals surface area contributed by atoms with Crippen LogP contribution in [0.25, 0.3) is 0 Å². The Hall–Kier alpha value is -0.901. The molecule has 0 saturated heterocycles. The topological polar surface area (TPSA) is 3.24 Å². The van der Waals surface area contributed by atoms with Crippen molar-refractivity contribution in [2.75, 3.05) is 18.5 Å². The second-order valence-electron chi connectivity index (χ2n) is 2.37. The summed E-state index contributed by atoms with van der Waals surface area (Å²) in [6, 6.07) is 9.96. The quantitative estimate of drug-likeness (QED) is 0.406. The summed E-state index contributed by atoms with van der Waals surface area (Å²) in [6.45, 7) is 0.546. The zero-order valence-corrected chi connectivity index (χ0v) is 7.78. The molecule has 1 rings (SSSR count). The Morgan fingerprint density at radius 3 is 2.42 bits per heavy atom. The average Bonchev–Trinajstić information content (AvgIpc) is 2.07. The fourth-order valence-corrected chi connectivity index (χ4v) is 0.892.